The molecular weight excluding hydrogens is 386 g/mol. The van der Waals surface area contributed by atoms with Crippen molar-refractivity contribution < 1.29 is 9.53 Å². The highest BCUT2D eigenvalue weighted by atomic mass is 28.4. The minimum absolute atomic E-state index is 0.0381. The summed E-state index contributed by atoms with van der Waals surface area (Å²) in [6.45, 7) is 14.5. The Morgan fingerprint density at radius 3 is 2.57 bits per heavy atom. The van der Waals surface area contributed by atoms with Crippen LogP contribution in [0.2, 0.25) is 18.1 Å². The molecule has 4 rings (SSSR count). The summed E-state index contributed by atoms with van der Waals surface area (Å²) < 4.78 is 6.60. The van der Waals surface area contributed by atoms with Crippen LogP contribution in [-0.4, -0.2) is 25.6 Å². The topological polar surface area (TPSA) is 55.5 Å². The van der Waals surface area contributed by atoms with E-state index in [0.717, 1.165) is 37.9 Å². The minimum atomic E-state index is -1.82. The fourth-order valence-corrected chi connectivity index (χ4v) is 7.85. The van der Waals surface area contributed by atoms with Gasteiger partial charge in [-0.15, -0.1) is 0 Å². The molecule has 30 heavy (non-hydrogen) atoms. The van der Waals surface area contributed by atoms with Gasteiger partial charge in [0.25, 0.3) is 0 Å². The molecule has 0 heterocycles. The van der Waals surface area contributed by atoms with Gasteiger partial charge in [-0.25, -0.2) is 0 Å². The summed E-state index contributed by atoms with van der Waals surface area (Å²) in [7, 11) is -1.82. The van der Waals surface area contributed by atoms with Gasteiger partial charge in [-0.1, -0.05) is 33.8 Å². The van der Waals surface area contributed by atoms with Crippen molar-refractivity contribution in [3.63, 3.8) is 0 Å². The first-order chi connectivity index (χ1) is 13.9. The Bertz CT molecular complexity index is 801. The lowest BCUT2D eigenvalue weighted by Crippen LogP contribution is -2.51. The number of fused-ring (bicyclic) bond motifs is 5. The largest absolute Gasteiger partial charge is 0.543 e. The second-order valence-electron chi connectivity index (χ2n) is 12.2. The number of hydrogen-bond acceptors (Lipinski definition) is 3. The fraction of sp³-hybridized carbons (Fsp3) is 0.769. The third-order valence-corrected chi connectivity index (χ3v) is 14.1. The molecule has 1 aromatic rings. The van der Waals surface area contributed by atoms with Crippen LogP contribution in [0.1, 0.15) is 83.3 Å². The van der Waals surface area contributed by atoms with Gasteiger partial charge < -0.3 is 15.3 Å². The van der Waals surface area contributed by atoms with Gasteiger partial charge in [-0.05, 0) is 116 Å². The predicted molar refractivity (Wildman–Crippen MR) is 128 cm³/mol. The Balaban J connectivity index is 1.57. The zero-order chi connectivity index (χ0) is 21.9. The monoisotopic (exact) mass is 429 g/mol. The van der Waals surface area contributed by atoms with E-state index >= 15 is 0 Å². The van der Waals surface area contributed by atoms with Crippen LogP contribution in [0.3, 0.4) is 0 Å². The van der Waals surface area contributed by atoms with Crippen molar-refractivity contribution in [2.75, 3.05) is 6.54 Å². The van der Waals surface area contributed by atoms with E-state index < -0.39 is 13.9 Å². The van der Waals surface area contributed by atoms with Crippen LogP contribution < -0.4 is 10.2 Å². The lowest BCUT2D eigenvalue weighted by molar-refractivity contribution is -0.105. The van der Waals surface area contributed by atoms with Crippen molar-refractivity contribution in [2.45, 2.75) is 102 Å². The fourth-order valence-electron chi connectivity index (χ4n) is 6.83. The highest BCUT2D eigenvalue weighted by Crippen LogP contribution is 2.65. The van der Waals surface area contributed by atoms with Crippen molar-refractivity contribution in [3.8, 4) is 5.75 Å². The predicted octanol–water partition coefficient (Wildman–Crippen LogP) is 6.01. The molecule has 0 unspecified atom stereocenters. The number of hydrogen-bond donors (Lipinski definition) is 2. The Kier molecular flexibility index (Phi) is 5.48. The van der Waals surface area contributed by atoms with Crippen LogP contribution in [0, 0.1) is 17.3 Å². The average molecular weight is 430 g/mol. The summed E-state index contributed by atoms with van der Waals surface area (Å²) in [5.41, 5.74) is 8.43. The summed E-state index contributed by atoms with van der Waals surface area (Å²) in [6, 6.07) is 6.95. The molecule has 3 nitrogen and oxygen atoms in total. The molecule has 2 saturated carbocycles. The van der Waals surface area contributed by atoms with Gasteiger partial charge in [0.15, 0.2) is 0 Å². The van der Waals surface area contributed by atoms with Crippen molar-refractivity contribution in [2.24, 2.45) is 23.0 Å². The van der Waals surface area contributed by atoms with E-state index in [-0.39, 0.29) is 10.5 Å². The molecule has 5 atom stereocenters. The molecule has 2 fully saturated rings. The summed E-state index contributed by atoms with van der Waals surface area (Å²) in [5, 5.41) is 11.7. The molecule has 1 aromatic carbocycles. The highest BCUT2D eigenvalue weighted by Gasteiger charge is 2.60. The number of benzene rings is 1. The van der Waals surface area contributed by atoms with Crippen LogP contribution >= 0.6 is 0 Å². The molecule has 3 aliphatic rings. The average Bonchev–Trinajstić information content (AvgIpc) is 2.91. The van der Waals surface area contributed by atoms with Crippen molar-refractivity contribution in [3.05, 3.63) is 29.3 Å². The molecule has 168 valence electrons. The second kappa shape index (κ2) is 7.35. The first-order valence-electron chi connectivity index (χ1n) is 12.2. The Morgan fingerprint density at radius 1 is 1.17 bits per heavy atom. The number of nitrogens with two attached hydrogens (primary N) is 1. The van der Waals surface area contributed by atoms with Crippen molar-refractivity contribution >= 4 is 8.32 Å². The molecule has 4 heteroatoms. The van der Waals surface area contributed by atoms with Gasteiger partial charge >= 0.3 is 0 Å². The summed E-state index contributed by atoms with van der Waals surface area (Å²) in [4.78, 5) is 0. The van der Waals surface area contributed by atoms with Crippen molar-refractivity contribution in [1.82, 2.24) is 0 Å². The van der Waals surface area contributed by atoms with Crippen LogP contribution in [0.4, 0.5) is 0 Å². The number of aryl methyl sites for hydroxylation is 1. The maximum atomic E-state index is 11.4. The third kappa shape index (κ3) is 3.38. The molecule has 0 bridgehead atoms. The summed E-state index contributed by atoms with van der Waals surface area (Å²) >= 11 is 0. The van der Waals surface area contributed by atoms with E-state index in [1.807, 2.05) is 0 Å². The van der Waals surface area contributed by atoms with Gasteiger partial charge in [0.1, 0.15) is 5.75 Å². The summed E-state index contributed by atoms with van der Waals surface area (Å²) in [5.74, 6) is 3.05. The van der Waals surface area contributed by atoms with E-state index in [4.69, 9.17) is 10.2 Å². The SMILES string of the molecule is CC(C)(C)[Si](C)(C)Oc1ccc2c(c1)CC[C@@H]1[C@@H]2CC[C@@]2(C)[C@H]1CC[C@@]2(O)CCN. The Hall–Kier alpha value is -0.843. The van der Waals surface area contributed by atoms with E-state index in [2.05, 4.69) is 59.0 Å². The van der Waals surface area contributed by atoms with E-state index in [9.17, 15) is 5.11 Å². The summed E-state index contributed by atoms with van der Waals surface area (Å²) in [6.07, 6.45) is 7.56. The molecule has 0 spiro atoms. The van der Waals surface area contributed by atoms with Gasteiger partial charge in [-0.2, -0.15) is 0 Å². The van der Waals surface area contributed by atoms with E-state index in [1.165, 1.54) is 18.4 Å². The molecule has 3 aliphatic carbocycles. The van der Waals surface area contributed by atoms with Crippen LogP contribution in [0.25, 0.3) is 0 Å². The molecule has 0 amide bonds. The molecule has 0 radical (unpaired) electrons. The van der Waals surface area contributed by atoms with Crippen molar-refractivity contribution in [1.29, 1.82) is 0 Å². The van der Waals surface area contributed by atoms with E-state index in [0.29, 0.717) is 24.3 Å². The van der Waals surface area contributed by atoms with Gasteiger partial charge in [-0.3, -0.25) is 0 Å². The normalized spacial score (nSPS) is 36.1. The first kappa shape index (κ1) is 22.4. The molecule has 0 saturated heterocycles. The molecule has 0 aliphatic heterocycles. The maximum absolute atomic E-state index is 11.4. The Labute approximate surface area is 184 Å². The Morgan fingerprint density at radius 2 is 1.90 bits per heavy atom. The lowest BCUT2D eigenvalue weighted by atomic mass is 9.53. The minimum Gasteiger partial charge on any atom is -0.543 e. The van der Waals surface area contributed by atoms with Gasteiger partial charge in [0, 0.05) is 0 Å². The number of aliphatic hydroxyl groups is 1. The standard InChI is InChI=1S/C26H43NO2Si/c1-24(2,3)30(5,6)29-19-8-10-20-18(17-19)7-9-22-21(20)11-13-25(4)23(22)12-14-26(25,28)15-16-27/h8,10,17,21-23,28H,7,9,11-16,27H2,1-6H3/t21-,22-,23+,25+,26-/m1/s1. The lowest BCUT2D eigenvalue weighted by Gasteiger charge is -2.53. The van der Waals surface area contributed by atoms with E-state index in [1.54, 1.807) is 5.56 Å². The first-order valence-corrected chi connectivity index (χ1v) is 15.1. The molecule has 0 aromatic heterocycles. The van der Waals surface area contributed by atoms with Gasteiger partial charge in [0.05, 0.1) is 5.60 Å². The smallest absolute Gasteiger partial charge is 0.250 e. The zero-order valence-corrected chi connectivity index (χ0v) is 21.1. The molecular formula is C26H43NO2Si. The third-order valence-electron chi connectivity index (χ3n) is 9.76. The van der Waals surface area contributed by atoms with Crippen LogP contribution in [0.15, 0.2) is 18.2 Å². The van der Waals surface area contributed by atoms with Gasteiger partial charge in [0.2, 0.25) is 8.32 Å². The van der Waals surface area contributed by atoms with Crippen LogP contribution in [0.5, 0.6) is 5.75 Å². The zero-order valence-electron chi connectivity index (χ0n) is 20.1. The van der Waals surface area contributed by atoms with Crippen LogP contribution in [-0.2, 0) is 6.42 Å². The molecule has 3 N–H and O–H groups in total. The quantitative estimate of drug-likeness (QED) is 0.577. The maximum Gasteiger partial charge on any atom is 0.250 e. The number of rotatable bonds is 4. The highest BCUT2D eigenvalue weighted by molar-refractivity contribution is 6.74. The second-order valence-corrected chi connectivity index (χ2v) is 16.9.